The maximum atomic E-state index is 13.1. The van der Waals surface area contributed by atoms with E-state index in [2.05, 4.69) is 21.2 Å². The molecule has 0 amide bonds. The van der Waals surface area contributed by atoms with E-state index in [9.17, 15) is 4.39 Å². The van der Waals surface area contributed by atoms with Crippen molar-refractivity contribution in [2.24, 2.45) is 0 Å². The lowest BCUT2D eigenvalue weighted by Gasteiger charge is -2.11. The SMILES string of the molecule is Cc1cc(Br)c(F)cc1NC[C@@H](C)O. The molecule has 0 heterocycles. The third-order valence-electron chi connectivity index (χ3n) is 1.86. The predicted molar refractivity (Wildman–Crippen MR) is 59.0 cm³/mol. The van der Waals surface area contributed by atoms with Crippen molar-refractivity contribution in [3.05, 3.63) is 28.0 Å². The van der Waals surface area contributed by atoms with Crippen molar-refractivity contribution < 1.29 is 9.50 Å². The molecule has 0 bridgehead atoms. The lowest BCUT2D eigenvalue weighted by molar-refractivity contribution is 0.208. The molecule has 0 radical (unpaired) electrons. The maximum Gasteiger partial charge on any atom is 0.139 e. The summed E-state index contributed by atoms with van der Waals surface area (Å²) in [5.74, 6) is -0.302. The fourth-order valence-corrected chi connectivity index (χ4v) is 1.55. The first-order valence-corrected chi connectivity index (χ1v) is 5.17. The zero-order chi connectivity index (χ0) is 10.7. The van der Waals surface area contributed by atoms with E-state index in [0.717, 1.165) is 5.56 Å². The number of aliphatic hydroxyl groups is 1. The monoisotopic (exact) mass is 261 g/mol. The van der Waals surface area contributed by atoms with Gasteiger partial charge in [-0.2, -0.15) is 0 Å². The number of nitrogens with one attached hydrogen (secondary N) is 1. The van der Waals surface area contributed by atoms with Gasteiger partial charge in [-0.05, 0) is 47.5 Å². The Balaban J connectivity index is 2.82. The molecule has 0 spiro atoms. The fraction of sp³-hybridized carbons (Fsp3) is 0.400. The summed E-state index contributed by atoms with van der Waals surface area (Å²) in [6.07, 6.45) is -0.443. The second-order valence-corrected chi connectivity index (χ2v) is 4.17. The topological polar surface area (TPSA) is 32.3 Å². The number of hydrogen-bond donors (Lipinski definition) is 2. The molecular formula is C10H13BrFNO. The molecule has 0 fully saturated rings. The third kappa shape index (κ3) is 2.96. The van der Waals surface area contributed by atoms with Crippen LogP contribution in [0.25, 0.3) is 0 Å². The minimum atomic E-state index is -0.443. The van der Waals surface area contributed by atoms with E-state index in [4.69, 9.17) is 5.11 Å². The highest BCUT2D eigenvalue weighted by Gasteiger charge is 2.05. The van der Waals surface area contributed by atoms with Crippen LogP contribution in [0.4, 0.5) is 10.1 Å². The standard InChI is InChI=1S/C10H13BrFNO/c1-6-3-8(11)9(12)4-10(6)13-5-7(2)14/h3-4,7,13-14H,5H2,1-2H3/t7-/m1/s1. The second-order valence-electron chi connectivity index (χ2n) is 3.31. The summed E-state index contributed by atoms with van der Waals surface area (Å²) in [6.45, 7) is 3.98. The molecule has 0 aromatic heterocycles. The number of aliphatic hydroxyl groups excluding tert-OH is 1. The van der Waals surface area contributed by atoms with Crippen LogP contribution >= 0.6 is 15.9 Å². The van der Waals surface area contributed by atoms with Crippen molar-refractivity contribution >= 4 is 21.6 Å². The zero-order valence-corrected chi connectivity index (χ0v) is 9.73. The van der Waals surface area contributed by atoms with Crippen molar-refractivity contribution in [3.8, 4) is 0 Å². The molecule has 1 aromatic rings. The Morgan fingerprint density at radius 1 is 1.57 bits per heavy atom. The molecule has 78 valence electrons. The summed E-state index contributed by atoms with van der Waals surface area (Å²) in [7, 11) is 0. The van der Waals surface area contributed by atoms with Crippen molar-refractivity contribution in [1.82, 2.24) is 0 Å². The van der Waals surface area contributed by atoms with Gasteiger partial charge in [0.25, 0.3) is 0 Å². The van der Waals surface area contributed by atoms with Crippen LogP contribution in [0.5, 0.6) is 0 Å². The number of hydrogen-bond acceptors (Lipinski definition) is 2. The first-order chi connectivity index (χ1) is 6.50. The van der Waals surface area contributed by atoms with Gasteiger partial charge in [0, 0.05) is 12.2 Å². The highest BCUT2D eigenvalue weighted by atomic mass is 79.9. The van der Waals surface area contributed by atoms with E-state index in [1.165, 1.54) is 6.07 Å². The molecule has 4 heteroatoms. The summed E-state index contributed by atoms with van der Waals surface area (Å²) in [5, 5.41) is 12.0. The molecule has 0 aliphatic heterocycles. The van der Waals surface area contributed by atoms with Gasteiger partial charge in [-0.1, -0.05) is 0 Å². The molecule has 14 heavy (non-hydrogen) atoms. The number of anilines is 1. The Morgan fingerprint density at radius 3 is 2.79 bits per heavy atom. The van der Waals surface area contributed by atoms with Crippen LogP contribution in [0.2, 0.25) is 0 Å². The van der Waals surface area contributed by atoms with Crippen molar-refractivity contribution in [3.63, 3.8) is 0 Å². The molecule has 0 aliphatic carbocycles. The zero-order valence-electron chi connectivity index (χ0n) is 8.14. The Hall–Kier alpha value is -0.610. The fourth-order valence-electron chi connectivity index (χ4n) is 1.09. The summed E-state index contributed by atoms with van der Waals surface area (Å²) in [4.78, 5) is 0. The van der Waals surface area contributed by atoms with Gasteiger partial charge in [0.15, 0.2) is 0 Å². The molecule has 2 nitrogen and oxygen atoms in total. The molecule has 1 atom stereocenters. The van der Waals surface area contributed by atoms with Gasteiger partial charge in [0.05, 0.1) is 10.6 Å². The van der Waals surface area contributed by atoms with Crippen molar-refractivity contribution in [2.45, 2.75) is 20.0 Å². The Morgan fingerprint density at radius 2 is 2.21 bits per heavy atom. The highest BCUT2D eigenvalue weighted by molar-refractivity contribution is 9.10. The predicted octanol–water partition coefficient (Wildman–Crippen LogP) is 2.69. The molecule has 0 saturated carbocycles. The number of aryl methyl sites for hydroxylation is 1. The van der Waals surface area contributed by atoms with Crippen molar-refractivity contribution in [2.75, 3.05) is 11.9 Å². The van der Waals surface area contributed by atoms with Gasteiger partial charge in [0.2, 0.25) is 0 Å². The van der Waals surface area contributed by atoms with Gasteiger partial charge < -0.3 is 10.4 Å². The molecule has 1 rings (SSSR count). The molecule has 0 saturated heterocycles. The van der Waals surface area contributed by atoms with Gasteiger partial charge in [-0.15, -0.1) is 0 Å². The van der Waals surface area contributed by atoms with Gasteiger partial charge in [-0.25, -0.2) is 4.39 Å². The molecule has 2 N–H and O–H groups in total. The normalized spacial score (nSPS) is 12.6. The summed E-state index contributed by atoms with van der Waals surface area (Å²) < 4.78 is 13.6. The Labute approximate surface area is 91.3 Å². The van der Waals surface area contributed by atoms with E-state index >= 15 is 0 Å². The lowest BCUT2D eigenvalue weighted by Crippen LogP contribution is -2.16. The minimum Gasteiger partial charge on any atom is -0.392 e. The quantitative estimate of drug-likeness (QED) is 0.877. The van der Waals surface area contributed by atoms with E-state index in [1.54, 1.807) is 13.0 Å². The Kier molecular flexibility index (Phi) is 3.89. The van der Waals surface area contributed by atoms with Crippen LogP contribution in [-0.4, -0.2) is 17.8 Å². The van der Waals surface area contributed by atoms with E-state index in [0.29, 0.717) is 16.7 Å². The smallest absolute Gasteiger partial charge is 0.139 e. The first kappa shape index (κ1) is 11.5. The van der Waals surface area contributed by atoms with E-state index in [-0.39, 0.29) is 5.82 Å². The third-order valence-corrected chi connectivity index (χ3v) is 2.46. The van der Waals surface area contributed by atoms with Crippen LogP contribution in [-0.2, 0) is 0 Å². The van der Waals surface area contributed by atoms with Gasteiger partial charge in [-0.3, -0.25) is 0 Å². The van der Waals surface area contributed by atoms with Crippen molar-refractivity contribution in [1.29, 1.82) is 0 Å². The van der Waals surface area contributed by atoms with E-state index < -0.39 is 6.10 Å². The maximum absolute atomic E-state index is 13.1. The summed E-state index contributed by atoms with van der Waals surface area (Å²) in [6, 6.07) is 3.13. The Bertz CT molecular complexity index is 328. The molecule has 1 aromatic carbocycles. The van der Waals surface area contributed by atoms with E-state index in [1.807, 2.05) is 6.92 Å². The molecular weight excluding hydrogens is 249 g/mol. The summed E-state index contributed by atoms with van der Waals surface area (Å²) >= 11 is 3.11. The lowest BCUT2D eigenvalue weighted by atomic mass is 10.2. The van der Waals surface area contributed by atoms with Crippen LogP contribution in [0, 0.1) is 12.7 Å². The van der Waals surface area contributed by atoms with Crippen LogP contribution < -0.4 is 5.32 Å². The van der Waals surface area contributed by atoms with Gasteiger partial charge in [0.1, 0.15) is 5.82 Å². The summed E-state index contributed by atoms with van der Waals surface area (Å²) in [5.41, 5.74) is 1.66. The van der Waals surface area contributed by atoms with Crippen LogP contribution in [0.15, 0.2) is 16.6 Å². The number of benzene rings is 1. The second kappa shape index (κ2) is 4.75. The van der Waals surface area contributed by atoms with Gasteiger partial charge >= 0.3 is 0 Å². The highest BCUT2D eigenvalue weighted by Crippen LogP contribution is 2.23. The first-order valence-electron chi connectivity index (χ1n) is 4.38. The molecule has 0 aliphatic rings. The minimum absolute atomic E-state index is 0.302. The molecule has 0 unspecified atom stereocenters. The van der Waals surface area contributed by atoms with Crippen LogP contribution in [0.1, 0.15) is 12.5 Å². The number of rotatable bonds is 3. The van der Waals surface area contributed by atoms with Crippen LogP contribution in [0.3, 0.4) is 0 Å². The largest absolute Gasteiger partial charge is 0.392 e. The average Bonchev–Trinajstić information content (AvgIpc) is 2.09. The number of halogens is 2. The average molecular weight is 262 g/mol.